The molecule has 3 aliphatic rings. The predicted octanol–water partition coefficient (Wildman–Crippen LogP) is 2.83. The monoisotopic (exact) mass is 287 g/mol. The summed E-state index contributed by atoms with van der Waals surface area (Å²) in [5.41, 5.74) is 9.01. The minimum Gasteiger partial charge on any atom is -0.490 e. The Morgan fingerprint density at radius 3 is 2.95 bits per heavy atom. The molecule has 1 saturated heterocycles. The van der Waals surface area contributed by atoms with Crippen LogP contribution in [0.4, 0.5) is 0 Å². The summed E-state index contributed by atoms with van der Waals surface area (Å²) >= 11 is 0. The van der Waals surface area contributed by atoms with Crippen LogP contribution in [0, 0.1) is 18.3 Å². The number of hydrogen-bond donors (Lipinski definition) is 1. The molecule has 0 amide bonds. The number of benzene rings is 1. The van der Waals surface area contributed by atoms with Crippen LogP contribution in [-0.2, 0) is 11.2 Å². The molecule has 114 valence electrons. The first-order valence-corrected chi connectivity index (χ1v) is 8.28. The summed E-state index contributed by atoms with van der Waals surface area (Å²) in [6, 6.07) is 6.50. The molecule has 3 heteroatoms. The van der Waals surface area contributed by atoms with Crippen molar-refractivity contribution in [3.8, 4) is 5.75 Å². The van der Waals surface area contributed by atoms with Gasteiger partial charge in [0.2, 0.25) is 0 Å². The summed E-state index contributed by atoms with van der Waals surface area (Å²) in [6.07, 6.45) is 6.44. The van der Waals surface area contributed by atoms with Crippen molar-refractivity contribution in [2.45, 2.75) is 51.2 Å². The number of rotatable bonds is 4. The van der Waals surface area contributed by atoms with Crippen LogP contribution in [0.3, 0.4) is 0 Å². The molecule has 0 spiro atoms. The van der Waals surface area contributed by atoms with Gasteiger partial charge in [-0.2, -0.15) is 0 Å². The first-order valence-electron chi connectivity index (χ1n) is 8.28. The van der Waals surface area contributed by atoms with E-state index in [0.717, 1.165) is 44.1 Å². The predicted molar refractivity (Wildman–Crippen MR) is 82.5 cm³/mol. The molecule has 3 nitrogen and oxygen atoms in total. The third-order valence-corrected chi connectivity index (χ3v) is 5.55. The van der Waals surface area contributed by atoms with Gasteiger partial charge in [-0.25, -0.2) is 0 Å². The van der Waals surface area contributed by atoms with E-state index in [1.54, 1.807) is 0 Å². The largest absolute Gasteiger partial charge is 0.490 e. The minimum atomic E-state index is 0.142. The lowest BCUT2D eigenvalue weighted by Crippen LogP contribution is -2.43. The molecule has 1 aromatic rings. The van der Waals surface area contributed by atoms with Gasteiger partial charge >= 0.3 is 0 Å². The molecule has 1 aliphatic carbocycles. The standard InChI is InChI=1S/C18H25NO2/c1-12-2-5-16-14(8-12)9-15(21-16)10-18(11-19)6-7-20-17(18)13-3-4-13/h2,5,8,13,15,17H,3-4,6-7,9-11,19H2,1H3. The zero-order valence-electron chi connectivity index (χ0n) is 12.8. The van der Waals surface area contributed by atoms with Gasteiger partial charge in [0.1, 0.15) is 11.9 Å². The number of aryl methyl sites for hydroxylation is 1. The fourth-order valence-electron chi connectivity index (χ4n) is 4.28. The Balaban J connectivity index is 1.50. The second-order valence-electron chi connectivity index (χ2n) is 7.20. The molecule has 3 atom stereocenters. The highest BCUT2D eigenvalue weighted by atomic mass is 16.5. The molecule has 21 heavy (non-hydrogen) atoms. The summed E-state index contributed by atoms with van der Waals surface area (Å²) < 4.78 is 12.2. The van der Waals surface area contributed by atoms with Gasteiger partial charge in [0.15, 0.2) is 0 Å². The van der Waals surface area contributed by atoms with Crippen molar-refractivity contribution in [2.24, 2.45) is 17.1 Å². The van der Waals surface area contributed by atoms with Gasteiger partial charge < -0.3 is 15.2 Å². The average molecular weight is 287 g/mol. The number of fused-ring (bicyclic) bond motifs is 1. The van der Waals surface area contributed by atoms with E-state index in [1.165, 1.54) is 24.0 Å². The fraction of sp³-hybridized carbons (Fsp3) is 0.667. The van der Waals surface area contributed by atoms with E-state index in [1.807, 2.05) is 0 Å². The normalized spacial score (nSPS) is 34.8. The van der Waals surface area contributed by atoms with Crippen molar-refractivity contribution in [1.82, 2.24) is 0 Å². The van der Waals surface area contributed by atoms with Crippen LogP contribution in [-0.4, -0.2) is 25.4 Å². The third-order valence-electron chi connectivity index (χ3n) is 5.55. The van der Waals surface area contributed by atoms with Crippen molar-refractivity contribution in [1.29, 1.82) is 0 Å². The molecule has 1 aromatic carbocycles. The van der Waals surface area contributed by atoms with Crippen molar-refractivity contribution < 1.29 is 9.47 Å². The van der Waals surface area contributed by atoms with Crippen molar-refractivity contribution in [3.63, 3.8) is 0 Å². The molecule has 0 bridgehead atoms. The van der Waals surface area contributed by atoms with E-state index in [2.05, 4.69) is 25.1 Å². The van der Waals surface area contributed by atoms with Crippen molar-refractivity contribution >= 4 is 0 Å². The quantitative estimate of drug-likeness (QED) is 0.926. The Bertz CT molecular complexity index is 540. The maximum Gasteiger partial charge on any atom is 0.123 e. The van der Waals surface area contributed by atoms with E-state index in [0.29, 0.717) is 6.10 Å². The van der Waals surface area contributed by atoms with E-state index >= 15 is 0 Å². The highest BCUT2D eigenvalue weighted by Crippen LogP contribution is 2.50. The molecular weight excluding hydrogens is 262 g/mol. The lowest BCUT2D eigenvalue weighted by Gasteiger charge is -2.35. The molecule has 2 heterocycles. The Labute approximate surface area is 126 Å². The van der Waals surface area contributed by atoms with Crippen LogP contribution >= 0.6 is 0 Å². The number of hydrogen-bond acceptors (Lipinski definition) is 3. The molecule has 3 unspecified atom stereocenters. The van der Waals surface area contributed by atoms with Crippen LogP contribution in [0.1, 0.15) is 36.8 Å². The lowest BCUT2D eigenvalue weighted by molar-refractivity contribution is 0.0139. The van der Waals surface area contributed by atoms with Crippen LogP contribution < -0.4 is 10.5 Å². The second-order valence-corrected chi connectivity index (χ2v) is 7.20. The van der Waals surface area contributed by atoms with Crippen LogP contribution in [0.15, 0.2) is 18.2 Å². The van der Waals surface area contributed by atoms with Gasteiger partial charge in [-0.05, 0) is 50.2 Å². The summed E-state index contributed by atoms with van der Waals surface area (Å²) in [6.45, 7) is 3.74. The van der Waals surface area contributed by atoms with Crippen molar-refractivity contribution in [3.05, 3.63) is 29.3 Å². The third kappa shape index (κ3) is 2.36. The smallest absolute Gasteiger partial charge is 0.123 e. The molecule has 2 aliphatic heterocycles. The van der Waals surface area contributed by atoms with Gasteiger partial charge in [0, 0.05) is 25.0 Å². The number of nitrogens with two attached hydrogens (primary N) is 1. The van der Waals surface area contributed by atoms with Crippen molar-refractivity contribution in [2.75, 3.05) is 13.2 Å². The van der Waals surface area contributed by atoms with Crippen LogP contribution in [0.25, 0.3) is 0 Å². The zero-order chi connectivity index (χ0) is 14.4. The maximum atomic E-state index is 6.20. The van der Waals surface area contributed by atoms with Gasteiger partial charge in [-0.3, -0.25) is 0 Å². The highest BCUT2D eigenvalue weighted by Gasteiger charge is 2.51. The molecule has 2 fully saturated rings. The molecule has 2 N–H and O–H groups in total. The topological polar surface area (TPSA) is 44.5 Å². The fourth-order valence-corrected chi connectivity index (χ4v) is 4.28. The highest BCUT2D eigenvalue weighted by molar-refractivity contribution is 5.40. The van der Waals surface area contributed by atoms with Gasteiger partial charge in [0.05, 0.1) is 6.10 Å². The van der Waals surface area contributed by atoms with E-state index < -0.39 is 0 Å². The Morgan fingerprint density at radius 1 is 1.33 bits per heavy atom. The molecule has 0 radical (unpaired) electrons. The molecule has 1 saturated carbocycles. The zero-order valence-corrected chi connectivity index (χ0v) is 12.8. The molecular formula is C18H25NO2. The van der Waals surface area contributed by atoms with Gasteiger partial charge in [0.25, 0.3) is 0 Å². The second kappa shape index (κ2) is 4.99. The van der Waals surface area contributed by atoms with Crippen LogP contribution in [0.2, 0.25) is 0 Å². The van der Waals surface area contributed by atoms with Gasteiger partial charge in [-0.1, -0.05) is 17.7 Å². The average Bonchev–Trinajstić information content (AvgIpc) is 3.11. The minimum absolute atomic E-state index is 0.142. The Hall–Kier alpha value is -1.06. The molecule has 4 rings (SSSR count). The Morgan fingerprint density at radius 2 is 2.19 bits per heavy atom. The first kappa shape index (κ1) is 13.6. The van der Waals surface area contributed by atoms with E-state index in [9.17, 15) is 0 Å². The lowest BCUT2D eigenvalue weighted by atomic mass is 9.74. The first-order chi connectivity index (χ1) is 10.2. The maximum absolute atomic E-state index is 6.20. The van der Waals surface area contributed by atoms with Gasteiger partial charge in [-0.15, -0.1) is 0 Å². The Kier molecular flexibility index (Phi) is 3.23. The summed E-state index contributed by atoms with van der Waals surface area (Å²) in [5, 5.41) is 0. The van der Waals surface area contributed by atoms with Crippen LogP contribution in [0.5, 0.6) is 5.75 Å². The summed E-state index contributed by atoms with van der Waals surface area (Å²) in [4.78, 5) is 0. The number of ether oxygens (including phenoxy) is 2. The summed E-state index contributed by atoms with van der Waals surface area (Å²) in [7, 11) is 0. The summed E-state index contributed by atoms with van der Waals surface area (Å²) in [5.74, 6) is 1.82. The molecule has 0 aromatic heterocycles. The van der Waals surface area contributed by atoms with E-state index in [4.69, 9.17) is 15.2 Å². The SMILES string of the molecule is Cc1ccc2c(c1)CC(CC1(CN)CCOC1C1CC1)O2. The van der Waals surface area contributed by atoms with E-state index in [-0.39, 0.29) is 11.5 Å².